The van der Waals surface area contributed by atoms with Gasteiger partial charge in [0.1, 0.15) is 11.5 Å². The molecule has 0 aliphatic carbocycles. The van der Waals surface area contributed by atoms with Crippen LogP contribution in [-0.2, 0) is 22.5 Å². The third kappa shape index (κ3) is 4.13. The number of fused-ring (bicyclic) bond motifs is 1. The minimum Gasteiger partial charge on any atom is -0.379 e. The van der Waals surface area contributed by atoms with E-state index in [0.717, 1.165) is 17.7 Å². The molecule has 34 heavy (non-hydrogen) atoms. The van der Waals surface area contributed by atoms with E-state index in [4.69, 9.17) is 9.84 Å². The Bertz CT molecular complexity index is 1130. The van der Waals surface area contributed by atoms with Crippen LogP contribution in [0, 0.1) is 5.82 Å². The molecule has 11 heteroatoms. The number of hydrogen-bond acceptors (Lipinski definition) is 6. The van der Waals surface area contributed by atoms with Crippen molar-refractivity contribution in [3.05, 3.63) is 40.8 Å². The summed E-state index contributed by atoms with van der Waals surface area (Å²) in [7, 11) is 1.62. The maximum absolute atomic E-state index is 15.1. The SMILES string of the molecule is CC(=O)N1CCc2c(c(Nc3ccc(C4CN(C)N=C4C(F)F)cc3F)nn2C2CCOC2)C1. The molecule has 1 fully saturated rings. The molecule has 2 atom stereocenters. The van der Waals surface area contributed by atoms with Crippen LogP contribution in [0.15, 0.2) is 23.3 Å². The molecule has 1 aromatic carbocycles. The zero-order valence-corrected chi connectivity index (χ0v) is 19.1. The molecule has 5 rings (SSSR count). The molecular weight excluding hydrogens is 449 g/mol. The number of hydrazone groups is 1. The van der Waals surface area contributed by atoms with Gasteiger partial charge in [-0.25, -0.2) is 13.2 Å². The highest BCUT2D eigenvalue weighted by Gasteiger charge is 2.33. The summed E-state index contributed by atoms with van der Waals surface area (Å²) in [5, 5.41) is 13.2. The molecule has 8 nitrogen and oxygen atoms in total. The summed E-state index contributed by atoms with van der Waals surface area (Å²) in [6, 6.07) is 4.57. The number of amides is 1. The number of nitrogens with zero attached hydrogens (tertiary/aromatic N) is 5. The van der Waals surface area contributed by atoms with Gasteiger partial charge >= 0.3 is 0 Å². The van der Waals surface area contributed by atoms with Crippen molar-refractivity contribution in [3.8, 4) is 0 Å². The van der Waals surface area contributed by atoms with E-state index in [-0.39, 0.29) is 29.9 Å². The zero-order chi connectivity index (χ0) is 24.0. The van der Waals surface area contributed by atoms with Crippen LogP contribution in [0.1, 0.15) is 42.1 Å². The van der Waals surface area contributed by atoms with E-state index >= 15 is 4.39 Å². The molecule has 1 N–H and O–H groups in total. The first-order valence-electron chi connectivity index (χ1n) is 11.4. The Balaban J connectivity index is 1.44. The fourth-order valence-electron chi connectivity index (χ4n) is 4.95. The molecule has 2 aromatic rings. The van der Waals surface area contributed by atoms with Gasteiger partial charge in [0.15, 0.2) is 5.82 Å². The van der Waals surface area contributed by atoms with E-state index in [1.165, 1.54) is 18.0 Å². The first-order chi connectivity index (χ1) is 16.3. The molecule has 1 saturated heterocycles. The summed E-state index contributed by atoms with van der Waals surface area (Å²) in [6.07, 6.45) is -1.20. The number of nitrogens with one attached hydrogen (secondary N) is 1. The molecular formula is C23H27F3N6O2. The first-order valence-corrected chi connectivity index (χ1v) is 11.4. The Hall–Kier alpha value is -3.08. The minimum atomic E-state index is -2.70. The maximum Gasteiger partial charge on any atom is 0.279 e. The molecule has 0 radical (unpaired) electrons. The quantitative estimate of drug-likeness (QED) is 0.717. The number of alkyl halides is 2. The predicted octanol–water partition coefficient (Wildman–Crippen LogP) is 3.28. The van der Waals surface area contributed by atoms with Crippen molar-refractivity contribution in [3.63, 3.8) is 0 Å². The zero-order valence-electron chi connectivity index (χ0n) is 19.1. The van der Waals surface area contributed by atoms with Crippen LogP contribution >= 0.6 is 0 Å². The Morgan fingerprint density at radius 2 is 2.15 bits per heavy atom. The lowest BCUT2D eigenvalue weighted by molar-refractivity contribution is -0.129. The number of hydrogen-bond donors (Lipinski definition) is 1. The van der Waals surface area contributed by atoms with Crippen LogP contribution < -0.4 is 5.32 Å². The molecule has 3 aliphatic heterocycles. The van der Waals surface area contributed by atoms with Gasteiger partial charge in [0.2, 0.25) is 5.91 Å². The van der Waals surface area contributed by atoms with Crippen molar-refractivity contribution < 1.29 is 22.7 Å². The average molecular weight is 477 g/mol. The van der Waals surface area contributed by atoms with E-state index in [0.29, 0.717) is 44.1 Å². The van der Waals surface area contributed by atoms with Gasteiger partial charge in [-0.1, -0.05) is 6.07 Å². The van der Waals surface area contributed by atoms with Crippen LogP contribution in [-0.4, -0.2) is 71.1 Å². The van der Waals surface area contributed by atoms with E-state index < -0.39 is 18.2 Å². The highest BCUT2D eigenvalue weighted by Crippen LogP contribution is 2.34. The summed E-state index contributed by atoms with van der Waals surface area (Å²) >= 11 is 0. The van der Waals surface area contributed by atoms with Gasteiger partial charge in [-0.3, -0.25) is 14.5 Å². The molecule has 2 unspecified atom stereocenters. The average Bonchev–Trinajstić information content (AvgIpc) is 3.53. The van der Waals surface area contributed by atoms with Gasteiger partial charge in [0, 0.05) is 57.3 Å². The van der Waals surface area contributed by atoms with Gasteiger partial charge in [0.25, 0.3) is 6.43 Å². The van der Waals surface area contributed by atoms with Crippen LogP contribution in [0.4, 0.5) is 24.7 Å². The topological polar surface area (TPSA) is 75.0 Å². The van der Waals surface area contributed by atoms with Crippen LogP contribution in [0.2, 0.25) is 0 Å². The summed E-state index contributed by atoms with van der Waals surface area (Å²) in [5.74, 6) is -0.753. The normalized spacial score (nSPS) is 22.4. The number of likely N-dealkylation sites (N-methyl/N-ethyl adjacent to an activating group) is 1. The summed E-state index contributed by atoms with van der Waals surface area (Å²) in [5.41, 5.74) is 2.28. The van der Waals surface area contributed by atoms with Gasteiger partial charge in [-0.15, -0.1) is 0 Å². The Labute approximate surface area is 195 Å². The maximum atomic E-state index is 15.1. The second-order valence-corrected chi connectivity index (χ2v) is 9.01. The van der Waals surface area contributed by atoms with Crippen molar-refractivity contribution in [1.82, 2.24) is 19.7 Å². The van der Waals surface area contributed by atoms with E-state index in [2.05, 4.69) is 10.4 Å². The van der Waals surface area contributed by atoms with Crippen molar-refractivity contribution in [2.75, 3.05) is 38.7 Å². The van der Waals surface area contributed by atoms with Gasteiger partial charge < -0.3 is 15.0 Å². The molecule has 0 spiro atoms. The second kappa shape index (κ2) is 8.94. The third-order valence-corrected chi connectivity index (χ3v) is 6.74. The Morgan fingerprint density at radius 1 is 1.32 bits per heavy atom. The van der Waals surface area contributed by atoms with Gasteiger partial charge in [-0.2, -0.15) is 10.2 Å². The predicted molar refractivity (Wildman–Crippen MR) is 120 cm³/mol. The lowest BCUT2D eigenvalue weighted by Crippen LogP contribution is -2.35. The smallest absolute Gasteiger partial charge is 0.279 e. The number of carbonyl (C=O) groups excluding carboxylic acids is 1. The first kappa shape index (κ1) is 22.7. The lowest BCUT2D eigenvalue weighted by atomic mass is 9.94. The Morgan fingerprint density at radius 3 is 2.82 bits per heavy atom. The number of ether oxygens (including phenoxy) is 1. The molecule has 4 heterocycles. The van der Waals surface area contributed by atoms with E-state index in [9.17, 15) is 13.6 Å². The minimum absolute atomic E-state index is 0.0258. The number of carbonyl (C=O) groups is 1. The van der Waals surface area contributed by atoms with Crippen molar-refractivity contribution >= 4 is 23.1 Å². The standard InChI is InChI=1S/C23H27F3N6O2/c1-13(33)31-7-5-20-17(11-31)23(29-32(20)15-6-8-34-12-15)27-19-4-3-14(9-18(19)24)16-10-30(2)28-21(16)22(25)26/h3-4,9,15-16,22H,5-8,10-12H2,1-2H3,(H,27,29). The van der Waals surface area contributed by atoms with Crippen molar-refractivity contribution in [1.29, 1.82) is 0 Å². The van der Waals surface area contributed by atoms with Crippen molar-refractivity contribution in [2.24, 2.45) is 5.10 Å². The monoisotopic (exact) mass is 476 g/mol. The summed E-state index contributed by atoms with van der Waals surface area (Å²) in [6.45, 7) is 4.03. The number of halogens is 3. The van der Waals surface area contributed by atoms with Crippen LogP contribution in [0.3, 0.4) is 0 Å². The number of aromatic nitrogens is 2. The summed E-state index contributed by atoms with van der Waals surface area (Å²) < 4.78 is 49.4. The highest BCUT2D eigenvalue weighted by atomic mass is 19.3. The highest BCUT2D eigenvalue weighted by molar-refractivity contribution is 5.95. The Kier molecular flexibility index (Phi) is 5.97. The van der Waals surface area contributed by atoms with Gasteiger partial charge in [0.05, 0.1) is 24.9 Å². The fraction of sp³-hybridized carbons (Fsp3) is 0.522. The molecule has 1 aromatic heterocycles. The number of anilines is 2. The molecule has 0 bridgehead atoms. The van der Waals surface area contributed by atoms with Crippen LogP contribution in [0.25, 0.3) is 0 Å². The fourth-order valence-corrected chi connectivity index (χ4v) is 4.95. The molecule has 0 saturated carbocycles. The largest absolute Gasteiger partial charge is 0.379 e. The number of benzene rings is 1. The summed E-state index contributed by atoms with van der Waals surface area (Å²) in [4.78, 5) is 13.7. The lowest BCUT2D eigenvalue weighted by Gasteiger charge is -2.27. The molecule has 3 aliphatic rings. The van der Waals surface area contributed by atoms with Gasteiger partial charge in [-0.05, 0) is 24.1 Å². The third-order valence-electron chi connectivity index (χ3n) is 6.74. The molecule has 182 valence electrons. The van der Waals surface area contributed by atoms with Crippen LogP contribution in [0.5, 0.6) is 0 Å². The number of rotatable bonds is 5. The molecule has 1 amide bonds. The van der Waals surface area contributed by atoms with E-state index in [1.54, 1.807) is 24.1 Å². The van der Waals surface area contributed by atoms with E-state index in [1.807, 2.05) is 4.68 Å². The second-order valence-electron chi connectivity index (χ2n) is 9.01. The van der Waals surface area contributed by atoms with Crippen molar-refractivity contribution in [2.45, 2.75) is 44.7 Å².